The highest BCUT2D eigenvalue weighted by Crippen LogP contribution is 2.24. The van der Waals surface area contributed by atoms with Crippen molar-refractivity contribution in [2.75, 3.05) is 13.1 Å². The molecule has 2 aliphatic rings. The number of fused-ring (bicyclic) bond motifs is 1. The van der Waals surface area contributed by atoms with E-state index >= 15 is 0 Å². The van der Waals surface area contributed by atoms with Crippen LogP contribution in [-0.4, -0.2) is 58.0 Å². The van der Waals surface area contributed by atoms with E-state index in [0.29, 0.717) is 13.0 Å². The first-order valence-corrected chi connectivity index (χ1v) is 5.28. The van der Waals surface area contributed by atoms with Gasteiger partial charge in [0.2, 0.25) is 11.8 Å². The fraction of sp³-hybridized carbons (Fsp3) is 0.800. The van der Waals surface area contributed by atoms with Crippen molar-refractivity contribution >= 4 is 11.8 Å². The van der Waals surface area contributed by atoms with Crippen LogP contribution >= 0.6 is 0 Å². The zero-order valence-corrected chi connectivity index (χ0v) is 9.01. The number of aliphatic hydroxyl groups excluding tert-OH is 1. The molecule has 2 amide bonds. The molecule has 2 heterocycles. The van der Waals surface area contributed by atoms with Crippen LogP contribution in [0.2, 0.25) is 0 Å². The Morgan fingerprint density at radius 3 is 2.67 bits per heavy atom. The lowest BCUT2D eigenvalue weighted by atomic mass is 10.1. The Hall–Kier alpha value is -1.10. The average Bonchev–Trinajstić information content (AvgIpc) is 2.53. The molecule has 0 saturated carbocycles. The summed E-state index contributed by atoms with van der Waals surface area (Å²) in [5, 5.41) is 9.46. The number of rotatable bonds is 1. The molecule has 2 saturated heterocycles. The summed E-state index contributed by atoms with van der Waals surface area (Å²) in [6.07, 6.45) is -0.164. The van der Waals surface area contributed by atoms with Gasteiger partial charge in [-0.05, 0) is 13.8 Å². The van der Waals surface area contributed by atoms with Crippen molar-refractivity contribution in [2.45, 2.75) is 38.5 Å². The quantitative estimate of drug-likeness (QED) is 0.619. The summed E-state index contributed by atoms with van der Waals surface area (Å²) >= 11 is 0. The molecule has 0 radical (unpaired) electrons. The fourth-order valence-electron chi connectivity index (χ4n) is 2.27. The Morgan fingerprint density at radius 1 is 1.40 bits per heavy atom. The zero-order valence-electron chi connectivity index (χ0n) is 9.01. The van der Waals surface area contributed by atoms with Gasteiger partial charge in [0.1, 0.15) is 12.6 Å². The van der Waals surface area contributed by atoms with Gasteiger partial charge in [0.15, 0.2) is 0 Å². The highest BCUT2D eigenvalue weighted by Gasteiger charge is 2.45. The molecule has 1 N–H and O–H groups in total. The predicted octanol–water partition coefficient (Wildman–Crippen LogP) is -0.801. The molecular weight excluding hydrogens is 196 g/mol. The fourth-order valence-corrected chi connectivity index (χ4v) is 2.27. The minimum absolute atomic E-state index is 0.0267. The molecule has 5 nitrogen and oxygen atoms in total. The van der Waals surface area contributed by atoms with Gasteiger partial charge in [-0.2, -0.15) is 0 Å². The van der Waals surface area contributed by atoms with E-state index in [2.05, 4.69) is 0 Å². The van der Waals surface area contributed by atoms with Crippen LogP contribution in [0.4, 0.5) is 0 Å². The maximum atomic E-state index is 12.0. The van der Waals surface area contributed by atoms with Crippen molar-refractivity contribution < 1.29 is 14.7 Å². The van der Waals surface area contributed by atoms with Gasteiger partial charge < -0.3 is 14.9 Å². The van der Waals surface area contributed by atoms with Gasteiger partial charge in [0, 0.05) is 19.0 Å². The number of aliphatic hydroxyl groups is 1. The molecule has 0 aromatic rings. The number of piperazine rings is 1. The Morgan fingerprint density at radius 2 is 2.07 bits per heavy atom. The van der Waals surface area contributed by atoms with Crippen LogP contribution in [0, 0.1) is 0 Å². The number of carbonyl (C=O) groups is 2. The Labute approximate surface area is 88.6 Å². The van der Waals surface area contributed by atoms with E-state index in [0.717, 1.165) is 0 Å². The van der Waals surface area contributed by atoms with E-state index in [1.54, 1.807) is 4.90 Å². The smallest absolute Gasteiger partial charge is 0.246 e. The van der Waals surface area contributed by atoms with Crippen LogP contribution in [0.3, 0.4) is 0 Å². The number of hydrogen-bond acceptors (Lipinski definition) is 3. The standard InChI is InChI=1S/C10H16N2O3/c1-6(2)11-5-9(14)12-4-7(13)3-8(12)10(11)15/h6-8,13H,3-5H2,1-2H3/t7-,8+/m1/s1. The summed E-state index contributed by atoms with van der Waals surface area (Å²) in [4.78, 5) is 26.8. The first kappa shape index (κ1) is 10.4. The number of carbonyl (C=O) groups excluding carboxylic acids is 2. The Bertz CT molecular complexity index is 303. The number of nitrogens with zero attached hydrogens (tertiary/aromatic N) is 2. The molecule has 2 rings (SSSR count). The minimum Gasteiger partial charge on any atom is -0.391 e. The molecule has 15 heavy (non-hydrogen) atoms. The van der Waals surface area contributed by atoms with Crippen LogP contribution in [0.15, 0.2) is 0 Å². The van der Waals surface area contributed by atoms with Crippen LogP contribution in [0.5, 0.6) is 0 Å². The topological polar surface area (TPSA) is 60.9 Å². The van der Waals surface area contributed by atoms with Gasteiger partial charge in [-0.3, -0.25) is 9.59 Å². The minimum atomic E-state index is -0.546. The number of amides is 2. The first-order valence-electron chi connectivity index (χ1n) is 5.28. The second-order valence-electron chi connectivity index (χ2n) is 4.51. The van der Waals surface area contributed by atoms with Crippen LogP contribution in [0.1, 0.15) is 20.3 Å². The van der Waals surface area contributed by atoms with Gasteiger partial charge in [0.25, 0.3) is 0 Å². The van der Waals surface area contributed by atoms with Crippen LogP contribution in [0.25, 0.3) is 0 Å². The van der Waals surface area contributed by atoms with Gasteiger partial charge in [0.05, 0.1) is 6.10 Å². The average molecular weight is 212 g/mol. The van der Waals surface area contributed by atoms with Crippen molar-refractivity contribution in [1.82, 2.24) is 9.80 Å². The SMILES string of the molecule is CC(C)N1CC(=O)N2C[C@H](O)C[C@H]2C1=O. The summed E-state index contributed by atoms with van der Waals surface area (Å²) in [6.45, 7) is 4.25. The van der Waals surface area contributed by atoms with Crippen molar-refractivity contribution in [3.8, 4) is 0 Å². The van der Waals surface area contributed by atoms with Crippen molar-refractivity contribution in [3.05, 3.63) is 0 Å². The Balaban J connectivity index is 2.21. The van der Waals surface area contributed by atoms with Crippen molar-refractivity contribution in [3.63, 3.8) is 0 Å². The largest absolute Gasteiger partial charge is 0.391 e. The lowest BCUT2D eigenvalue weighted by Gasteiger charge is -2.38. The molecule has 2 atom stereocenters. The molecule has 5 heteroatoms. The van der Waals surface area contributed by atoms with Crippen LogP contribution in [-0.2, 0) is 9.59 Å². The molecule has 0 unspecified atom stereocenters. The van der Waals surface area contributed by atoms with E-state index in [4.69, 9.17) is 0 Å². The van der Waals surface area contributed by atoms with Gasteiger partial charge in [-0.15, -0.1) is 0 Å². The third-order valence-corrected chi connectivity index (χ3v) is 3.10. The van der Waals surface area contributed by atoms with Crippen LogP contribution < -0.4 is 0 Å². The molecule has 0 bridgehead atoms. The maximum Gasteiger partial charge on any atom is 0.246 e. The Kier molecular flexibility index (Phi) is 2.42. The summed E-state index contributed by atoms with van der Waals surface area (Å²) < 4.78 is 0. The highest BCUT2D eigenvalue weighted by molar-refractivity contribution is 5.95. The molecule has 0 spiro atoms. The van der Waals surface area contributed by atoms with E-state index in [-0.39, 0.29) is 24.4 Å². The summed E-state index contributed by atoms with van der Waals surface area (Å²) in [6, 6.07) is -0.384. The van der Waals surface area contributed by atoms with E-state index in [1.165, 1.54) is 4.90 Å². The molecule has 84 valence electrons. The lowest BCUT2D eigenvalue weighted by Crippen LogP contribution is -2.59. The van der Waals surface area contributed by atoms with Gasteiger partial charge >= 0.3 is 0 Å². The predicted molar refractivity (Wildman–Crippen MR) is 53.0 cm³/mol. The normalized spacial score (nSPS) is 31.5. The second-order valence-corrected chi connectivity index (χ2v) is 4.51. The first-order chi connectivity index (χ1) is 7.00. The molecule has 0 aromatic heterocycles. The molecule has 0 aromatic carbocycles. The van der Waals surface area contributed by atoms with Crippen molar-refractivity contribution in [1.29, 1.82) is 0 Å². The van der Waals surface area contributed by atoms with Gasteiger partial charge in [-0.1, -0.05) is 0 Å². The third-order valence-electron chi connectivity index (χ3n) is 3.10. The summed E-state index contributed by atoms with van der Waals surface area (Å²) in [7, 11) is 0. The molecular formula is C10H16N2O3. The zero-order chi connectivity index (χ0) is 11.2. The van der Waals surface area contributed by atoms with Crippen molar-refractivity contribution in [2.24, 2.45) is 0 Å². The molecule has 0 aliphatic carbocycles. The van der Waals surface area contributed by atoms with E-state index < -0.39 is 12.1 Å². The van der Waals surface area contributed by atoms with E-state index in [9.17, 15) is 14.7 Å². The third kappa shape index (κ3) is 1.61. The monoisotopic (exact) mass is 212 g/mol. The highest BCUT2D eigenvalue weighted by atomic mass is 16.3. The summed E-state index contributed by atoms with van der Waals surface area (Å²) in [5.74, 6) is -0.0778. The molecule has 2 aliphatic heterocycles. The summed E-state index contributed by atoms with van der Waals surface area (Å²) in [5.41, 5.74) is 0. The van der Waals surface area contributed by atoms with Gasteiger partial charge in [-0.25, -0.2) is 0 Å². The molecule has 2 fully saturated rings. The lowest BCUT2D eigenvalue weighted by molar-refractivity contribution is -0.155. The second kappa shape index (κ2) is 3.48. The number of hydrogen-bond donors (Lipinski definition) is 1. The maximum absolute atomic E-state index is 12.0. The van der Waals surface area contributed by atoms with E-state index in [1.807, 2.05) is 13.8 Å².